The van der Waals surface area contributed by atoms with Gasteiger partial charge in [0.05, 0.1) is 19.2 Å². The minimum absolute atomic E-state index is 0.338. The summed E-state index contributed by atoms with van der Waals surface area (Å²) in [7, 11) is 2.33. The molecule has 0 aromatic rings. The Morgan fingerprint density at radius 2 is 1.90 bits per heavy atom. The molecule has 0 rings (SSSR count). The fraction of sp³-hybridized carbons (Fsp3) is 0.400. The minimum Gasteiger partial charge on any atom is -0.463 e. The molecule has 4 nitrogen and oxygen atoms in total. The largest absolute Gasteiger partial charge is 0.463 e. The lowest BCUT2D eigenvalue weighted by atomic mass is 9.98. The third-order valence-corrected chi connectivity index (χ3v) is 0.823. The van der Waals surface area contributed by atoms with Crippen molar-refractivity contribution in [3.8, 4) is 0 Å². The van der Waals surface area contributed by atoms with Gasteiger partial charge in [0.15, 0.2) is 7.85 Å². The SMILES string of the molecule is BC(=O)CC(=O)C(=O)OC. The Labute approximate surface area is 58.9 Å². The Balaban J connectivity index is 3.86. The van der Waals surface area contributed by atoms with E-state index in [1.54, 1.807) is 0 Å². The number of hydrogen-bond donors (Lipinski definition) is 0. The third-order valence-electron chi connectivity index (χ3n) is 0.823. The number of methoxy groups -OCH3 is 1. The van der Waals surface area contributed by atoms with E-state index in [1.807, 2.05) is 0 Å². The Bertz CT molecular complexity index is 174. The predicted molar refractivity (Wildman–Crippen MR) is 35.2 cm³/mol. The zero-order valence-corrected chi connectivity index (χ0v) is 5.84. The van der Waals surface area contributed by atoms with Crippen LogP contribution in [0.5, 0.6) is 0 Å². The summed E-state index contributed by atoms with van der Waals surface area (Å²) < 4.78 is 4.07. The first kappa shape index (κ1) is 8.87. The first-order chi connectivity index (χ1) is 4.57. The van der Waals surface area contributed by atoms with Gasteiger partial charge in [-0.2, -0.15) is 0 Å². The van der Waals surface area contributed by atoms with Crippen LogP contribution < -0.4 is 0 Å². The average molecular weight is 142 g/mol. The van der Waals surface area contributed by atoms with Crippen molar-refractivity contribution in [2.75, 3.05) is 7.11 Å². The topological polar surface area (TPSA) is 60.4 Å². The number of esters is 1. The van der Waals surface area contributed by atoms with E-state index in [9.17, 15) is 14.4 Å². The van der Waals surface area contributed by atoms with Gasteiger partial charge in [0.25, 0.3) is 0 Å². The highest BCUT2D eigenvalue weighted by molar-refractivity contribution is 6.61. The summed E-state index contributed by atoms with van der Waals surface area (Å²) in [5.41, 5.74) is -0.338. The standard InChI is InChI=1S/C5H7BO4/c1-10-5(9)3(7)2-4(6)8/h2,6H2,1H3. The number of ketones is 1. The molecule has 0 aliphatic carbocycles. The van der Waals surface area contributed by atoms with Gasteiger partial charge in [-0.15, -0.1) is 0 Å². The molecule has 5 heteroatoms. The number of hydrogen-bond acceptors (Lipinski definition) is 4. The highest BCUT2D eigenvalue weighted by atomic mass is 16.5. The van der Waals surface area contributed by atoms with Crippen molar-refractivity contribution in [2.24, 2.45) is 0 Å². The van der Waals surface area contributed by atoms with E-state index in [4.69, 9.17) is 0 Å². The van der Waals surface area contributed by atoms with Crippen LogP contribution in [0, 0.1) is 0 Å². The van der Waals surface area contributed by atoms with Gasteiger partial charge in [0, 0.05) is 0 Å². The summed E-state index contributed by atoms with van der Waals surface area (Å²) in [4.78, 5) is 31.1. The molecule has 0 unspecified atom stereocenters. The highest BCUT2D eigenvalue weighted by Gasteiger charge is 2.14. The molecule has 0 aromatic heterocycles. The van der Waals surface area contributed by atoms with Gasteiger partial charge in [-0.25, -0.2) is 4.79 Å². The quantitative estimate of drug-likeness (QED) is 0.203. The molecule has 0 saturated heterocycles. The fourth-order valence-electron chi connectivity index (χ4n) is 0.412. The second-order valence-electron chi connectivity index (χ2n) is 1.79. The second-order valence-corrected chi connectivity index (χ2v) is 1.79. The number of carbonyl (C=O) groups is 3. The first-order valence-electron chi connectivity index (χ1n) is 2.68. The van der Waals surface area contributed by atoms with Crippen LogP contribution in [0.25, 0.3) is 0 Å². The molecule has 0 aliphatic heterocycles. The summed E-state index contributed by atoms with van der Waals surface area (Å²) in [6.07, 6.45) is -0.368. The van der Waals surface area contributed by atoms with Crippen molar-refractivity contribution in [2.45, 2.75) is 6.42 Å². The van der Waals surface area contributed by atoms with Gasteiger partial charge in [-0.1, -0.05) is 0 Å². The molecule has 0 aromatic carbocycles. The van der Waals surface area contributed by atoms with Crippen LogP contribution in [0.15, 0.2) is 0 Å². The van der Waals surface area contributed by atoms with Gasteiger partial charge in [0.2, 0.25) is 5.78 Å². The summed E-state index contributed by atoms with van der Waals surface area (Å²) in [5, 5.41) is 0. The lowest BCUT2D eigenvalue weighted by Gasteiger charge is -1.93. The van der Waals surface area contributed by atoms with Crippen molar-refractivity contribution in [3.05, 3.63) is 0 Å². The molecule has 0 aliphatic rings. The fourth-order valence-corrected chi connectivity index (χ4v) is 0.412. The Morgan fingerprint density at radius 3 is 2.20 bits per heavy atom. The van der Waals surface area contributed by atoms with E-state index in [1.165, 1.54) is 7.85 Å². The third kappa shape index (κ3) is 3.01. The molecule has 0 saturated carbocycles. The molecular formula is C5H7BO4. The molecule has 0 radical (unpaired) electrons. The van der Waals surface area contributed by atoms with Crippen molar-refractivity contribution in [1.29, 1.82) is 0 Å². The van der Waals surface area contributed by atoms with Crippen molar-refractivity contribution in [1.82, 2.24) is 0 Å². The predicted octanol–water partition coefficient (Wildman–Crippen LogP) is -1.72. The molecule has 0 fully saturated rings. The van der Waals surface area contributed by atoms with Crippen molar-refractivity contribution in [3.63, 3.8) is 0 Å². The number of Topliss-reactive ketones (excluding diaryl/α,β-unsaturated/α-hetero) is 1. The zero-order chi connectivity index (χ0) is 8.15. The molecular weight excluding hydrogens is 135 g/mol. The molecule has 0 bridgehead atoms. The average Bonchev–Trinajstić information content (AvgIpc) is 1.85. The summed E-state index contributed by atoms with van der Waals surface area (Å²) in [6, 6.07) is 0. The van der Waals surface area contributed by atoms with Crippen LogP contribution in [0.3, 0.4) is 0 Å². The van der Waals surface area contributed by atoms with Gasteiger partial charge < -0.3 is 9.53 Å². The van der Waals surface area contributed by atoms with E-state index in [0.29, 0.717) is 0 Å². The van der Waals surface area contributed by atoms with Crippen LogP contribution in [-0.4, -0.2) is 32.4 Å². The maximum atomic E-state index is 10.5. The van der Waals surface area contributed by atoms with Crippen LogP contribution >= 0.6 is 0 Å². The molecule has 0 spiro atoms. The van der Waals surface area contributed by atoms with Gasteiger partial charge in [-0.05, 0) is 0 Å². The molecule has 0 amide bonds. The van der Waals surface area contributed by atoms with Gasteiger partial charge in [0.1, 0.15) is 0 Å². The smallest absolute Gasteiger partial charge is 0.374 e. The summed E-state index contributed by atoms with van der Waals surface area (Å²) in [6.45, 7) is 0. The van der Waals surface area contributed by atoms with Gasteiger partial charge in [-0.3, -0.25) is 4.79 Å². The lowest BCUT2D eigenvalue weighted by molar-refractivity contribution is -0.152. The normalized spacial score (nSPS) is 8.50. The molecule has 0 atom stereocenters. The minimum atomic E-state index is -0.963. The van der Waals surface area contributed by atoms with E-state index in [-0.39, 0.29) is 12.1 Å². The first-order valence-corrected chi connectivity index (χ1v) is 2.68. The number of rotatable bonds is 3. The van der Waals surface area contributed by atoms with Crippen LogP contribution in [-0.2, 0) is 19.1 Å². The van der Waals surface area contributed by atoms with E-state index < -0.39 is 11.8 Å². The molecule has 10 heavy (non-hydrogen) atoms. The van der Waals surface area contributed by atoms with Crippen LogP contribution in [0.4, 0.5) is 0 Å². The highest BCUT2D eigenvalue weighted by Crippen LogP contribution is 1.85. The van der Waals surface area contributed by atoms with E-state index in [2.05, 4.69) is 4.74 Å². The lowest BCUT2D eigenvalue weighted by Crippen LogP contribution is -2.18. The molecule has 54 valence electrons. The maximum absolute atomic E-state index is 10.5. The monoisotopic (exact) mass is 142 g/mol. The molecule has 0 heterocycles. The van der Waals surface area contributed by atoms with E-state index in [0.717, 1.165) is 7.11 Å². The number of ether oxygens (including phenoxy) is 1. The maximum Gasteiger partial charge on any atom is 0.374 e. The Morgan fingerprint density at radius 1 is 1.40 bits per heavy atom. The summed E-state index contributed by atoms with van der Waals surface area (Å²) >= 11 is 0. The van der Waals surface area contributed by atoms with Crippen LogP contribution in [0.2, 0.25) is 0 Å². The Hall–Kier alpha value is -1.13. The van der Waals surface area contributed by atoms with Gasteiger partial charge >= 0.3 is 5.97 Å². The van der Waals surface area contributed by atoms with Crippen LogP contribution in [0.1, 0.15) is 6.42 Å². The van der Waals surface area contributed by atoms with Crippen molar-refractivity contribution >= 4 is 25.3 Å². The second kappa shape index (κ2) is 3.82. The zero-order valence-electron chi connectivity index (χ0n) is 5.84. The van der Waals surface area contributed by atoms with E-state index >= 15 is 0 Å². The molecule has 0 N–H and O–H groups in total. The number of carbonyl (C=O) groups excluding carboxylic acids is 3. The van der Waals surface area contributed by atoms with Crippen molar-refractivity contribution < 1.29 is 19.1 Å². The Kier molecular flexibility index (Phi) is 3.39. The summed E-state index contributed by atoms with van der Waals surface area (Å²) in [5.74, 6) is -1.76.